The van der Waals surface area contributed by atoms with E-state index in [0.717, 1.165) is 11.3 Å². The molecule has 0 aliphatic heterocycles. The molecule has 0 aliphatic carbocycles. The Kier molecular flexibility index (Phi) is 4.48. The molecule has 0 fully saturated rings. The first-order valence-corrected chi connectivity index (χ1v) is 6.86. The van der Waals surface area contributed by atoms with Gasteiger partial charge in [-0.25, -0.2) is 0 Å². The van der Waals surface area contributed by atoms with Gasteiger partial charge in [-0.3, -0.25) is 9.59 Å². The maximum atomic E-state index is 12.3. The maximum absolute atomic E-state index is 12.3. The Morgan fingerprint density at radius 2 is 1.95 bits per heavy atom. The van der Waals surface area contributed by atoms with E-state index in [1.807, 2.05) is 31.2 Å². The van der Waals surface area contributed by atoms with Crippen LogP contribution < -0.4 is 9.88 Å². The molecule has 0 radical (unpaired) electrons. The van der Waals surface area contributed by atoms with Crippen LogP contribution in [0.5, 0.6) is 0 Å². The first kappa shape index (κ1) is 14.9. The van der Waals surface area contributed by atoms with Crippen molar-refractivity contribution in [1.29, 1.82) is 0 Å². The second kappa shape index (κ2) is 6.31. The molecule has 108 valence electrons. The van der Waals surface area contributed by atoms with Crippen LogP contribution in [0.25, 0.3) is 0 Å². The minimum atomic E-state index is -0.398. The molecular weight excluding hydrogens is 264 g/mol. The van der Waals surface area contributed by atoms with Gasteiger partial charge in [0.05, 0.1) is 5.56 Å². The van der Waals surface area contributed by atoms with E-state index >= 15 is 0 Å². The van der Waals surface area contributed by atoms with E-state index in [4.69, 9.17) is 0 Å². The van der Waals surface area contributed by atoms with Gasteiger partial charge >= 0.3 is 0 Å². The molecule has 1 amide bonds. The summed E-state index contributed by atoms with van der Waals surface area (Å²) in [7, 11) is 0. The number of ketones is 1. The zero-order valence-corrected chi connectivity index (χ0v) is 12.5. The van der Waals surface area contributed by atoms with Crippen molar-refractivity contribution in [3.8, 4) is 0 Å². The van der Waals surface area contributed by atoms with E-state index in [-0.39, 0.29) is 11.7 Å². The molecule has 1 aromatic heterocycles. The lowest BCUT2D eigenvalue weighted by Crippen LogP contribution is -2.44. The lowest BCUT2D eigenvalue weighted by Gasteiger charge is -2.09. The Morgan fingerprint density at radius 3 is 2.62 bits per heavy atom. The standard InChI is InChI=1S/C17H18N2O2/c1-12-6-4-8-16(10-12)18-17(21)13(2)19-9-5-7-15(11-19)14(3)20/h4-11,13H,1-3H3/p+1/t13-/m0/s1. The number of anilines is 1. The number of aromatic nitrogens is 1. The van der Waals surface area contributed by atoms with Crippen LogP contribution in [0.3, 0.4) is 0 Å². The van der Waals surface area contributed by atoms with E-state index in [2.05, 4.69) is 5.32 Å². The van der Waals surface area contributed by atoms with Crippen molar-refractivity contribution in [3.63, 3.8) is 0 Å². The number of hydrogen-bond donors (Lipinski definition) is 1. The minimum absolute atomic E-state index is 0.0179. The van der Waals surface area contributed by atoms with Crippen LogP contribution in [0.4, 0.5) is 5.69 Å². The third-order valence-corrected chi connectivity index (χ3v) is 3.34. The van der Waals surface area contributed by atoms with Gasteiger partial charge in [0.2, 0.25) is 6.04 Å². The summed E-state index contributed by atoms with van der Waals surface area (Å²) >= 11 is 0. The number of benzene rings is 1. The van der Waals surface area contributed by atoms with Crippen LogP contribution in [-0.4, -0.2) is 11.7 Å². The highest BCUT2D eigenvalue weighted by Crippen LogP contribution is 2.11. The number of hydrogen-bond acceptors (Lipinski definition) is 2. The third kappa shape index (κ3) is 3.75. The summed E-state index contributed by atoms with van der Waals surface area (Å²) in [4.78, 5) is 23.7. The second-order valence-electron chi connectivity index (χ2n) is 5.13. The average molecular weight is 283 g/mol. The van der Waals surface area contributed by atoms with E-state index in [9.17, 15) is 9.59 Å². The lowest BCUT2D eigenvalue weighted by molar-refractivity contribution is -0.705. The normalized spacial score (nSPS) is 11.8. The van der Waals surface area contributed by atoms with Gasteiger partial charge < -0.3 is 5.32 Å². The van der Waals surface area contributed by atoms with Crippen molar-refractivity contribution in [1.82, 2.24) is 0 Å². The second-order valence-corrected chi connectivity index (χ2v) is 5.13. The average Bonchev–Trinajstić information content (AvgIpc) is 2.46. The fourth-order valence-electron chi connectivity index (χ4n) is 2.05. The Labute approximate surface area is 124 Å². The van der Waals surface area contributed by atoms with Crippen LogP contribution in [0.15, 0.2) is 48.8 Å². The van der Waals surface area contributed by atoms with Crippen LogP contribution in [-0.2, 0) is 4.79 Å². The van der Waals surface area contributed by atoms with E-state index in [0.29, 0.717) is 5.56 Å². The number of carbonyl (C=O) groups is 2. The van der Waals surface area contributed by atoms with Gasteiger partial charge in [-0.1, -0.05) is 12.1 Å². The van der Waals surface area contributed by atoms with Crippen LogP contribution in [0.2, 0.25) is 0 Å². The molecule has 1 heterocycles. The summed E-state index contributed by atoms with van der Waals surface area (Å²) in [6.45, 7) is 5.29. The highest BCUT2D eigenvalue weighted by molar-refractivity contribution is 5.94. The quantitative estimate of drug-likeness (QED) is 0.693. The molecule has 1 aromatic carbocycles. The predicted molar refractivity (Wildman–Crippen MR) is 81.2 cm³/mol. The Bertz CT molecular complexity index is 680. The number of nitrogens with one attached hydrogen (secondary N) is 1. The van der Waals surface area contributed by atoms with Crippen molar-refractivity contribution < 1.29 is 14.2 Å². The number of amides is 1. The number of nitrogens with zero attached hydrogens (tertiary/aromatic N) is 1. The summed E-state index contributed by atoms with van der Waals surface area (Å²) in [5.41, 5.74) is 2.45. The molecule has 4 heteroatoms. The van der Waals surface area contributed by atoms with E-state index in [1.165, 1.54) is 6.92 Å². The molecule has 1 atom stereocenters. The number of Topliss-reactive ketones (excluding diaryl/α,β-unsaturated/α-hetero) is 1. The first-order valence-electron chi connectivity index (χ1n) is 6.86. The molecule has 0 unspecified atom stereocenters. The molecule has 2 rings (SSSR count). The van der Waals surface area contributed by atoms with Crippen LogP contribution >= 0.6 is 0 Å². The summed E-state index contributed by atoms with van der Waals surface area (Å²) < 4.78 is 1.74. The van der Waals surface area contributed by atoms with Crippen molar-refractivity contribution in [3.05, 3.63) is 59.9 Å². The van der Waals surface area contributed by atoms with Gasteiger partial charge in [0.1, 0.15) is 0 Å². The zero-order valence-electron chi connectivity index (χ0n) is 12.5. The smallest absolute Gasteiger partial charge is 0.293 e. The fourth-order valence-corrected chi connectivity index (χ4v) is 2.05. The zero-order chi connectivity index (χ0) is 15.4. The molecule has 0 bridgehead atoms. The molecule has 0 aliphatic rings. The maximum Gasteiger partial charge on any atom is 0.293 e. The van der Waals surface area contributed by atoms with Crippen molar-refractivity contribution in [2.75, 3.05) is 5.32 Å². The molecule has 1 N–H and O–H groups in total. The van der Waals surface area contributed by atoms with Crippen LogP contribution in [0.1, 0.15) is 35.8 Å². The van der Waals surface area contributed by atoms with Gasteiger partial charge in [0.15, 0.2) is 18.2 Å². The van der Waals surface area contributed by atoms with Crippen molar-refractivity contribution in [2.45, 2.75) is 26.8 Å². The molecule has 4 nitrogen and oxygen atoms in total. The van der Waals surface area contributed by atoms with Gasteiger partial charge in [-0.2, -0.15) is 4.57 Å². The molecule has 0 saturated carbocycles. The Morgan fingerprint density at radius 1 is 1.19 bits per heavy atom. The number of rotatable bonds is 4. The van der Waals surface area contributed by atoms with E-state index < -0.39 is 6.04 Å². The predicted octanol–water partition coefficient (Wildman–Crippen LogP) is 2.68. The van der Waals surface area contributed by atoms with Crippen molar-refractivity contribution >= 4 is 17.4 Å². The lowest BCUT2D eigenvalue weighted by atomic mass is 10.2. The van der Waals surface area contributed by atoms with Crippen molar-refractivity contribution in [2.24, 2.45) is 0 Å². The number of aryl methyl sites for hydroxylation is 1. The van der Waals surface area contributed by atoms with Gasteiger partial charge in [-0.05, 0) is 37.6 Å². The minimum Gasteiger partial charge on any atom is -0.320 e. The van der Waals surface area contributed by atoms with Crippen LogP contribution in [0, 0.1) is 6.92 Å². The van der Waals surface area contributed by atoms with E-state index in [1.54, 1.807) is 36.0 Å². The Hall–Kier alpha value is -2.49. The summed E-state index contributed by atoms with van der Waals surface area (Å²) in [6, 6.07) is 10.8. The first-order chi connectivity index (χ1) is 9.97. The molecule has 2 aromatic rings. The molecular formula is C17H19N2O2+. The molecule has 0 saturated heterocycles. The van der Waals surface area contributed by atoms with Gasteiger partial charge in [0, 0.05) is 18.7 Å². The topological polar surface area (TPSA) is 50.0 Å². The monoisotopic (exact) mass is 283 g/mol. The van der Waals surface area contributed by atoms with Gasteiger partial charge in [-0.15, -0.1) is 0 Å². The third-order valence-electron chi connectivity index (χ3n) is 3.34. The summed E-state index contributed by atoms with van der Waals surface area (Å²) in [6.07, 6.45) is 3.48. The van der Waals surface area contributed by atoms with Gasteiger partial charge in [0.25, 0.3) is 5.91 Å². The number of pyridine rings is 1. The molecule has 0 spiro atoms. The SMILES string of the molecule is CC(=O)c1ccc[n+]([C@@H](C)C(=O)Nc2cccc(C)c2)c1. The number of carbonyl (C=O) groups excluding carboxylic acids is 2. The molecule has 21 heavy (non-hydrogen) atoms. The highest BCUT2D eigenvalue weighted by atomic mass is 16.2. The fraction of sp³-hybridized carbons (Fsp3) is 0.235. The summed E-state index contributed by atoms with van der Waals surface area (Å²) in [5.74, 6) is -0.137. The summed E-state index contributed by atoms with van der Waals surface area (Å²) in [5, 5.41) is 2.88. The highest BCUT2D eigenvalue weighted by Gasteiger charge is 2.22. The Balaban J connectivity index is 2.15. The largest absolute Gasteiger partial charge is 0.320 e.